The molecule has 0 amide bonds. The van der Waals surface area contributed by atoms with Gasteiger partial charge >= 0.3 is 0 Å². The molecule has 2 nitrogen and oxygen atoms in total. The summed E-state index contributed by atoms with van der Waals surface area (Å²) < 4.78 is 5.70. The minimum atomic E-state index is 0.802. The molecule has 0 aliphatic rings. The van der Waals surface area contributed by atoms with Crippen LogP contribution in [0.1, 0.15) is 32.3 Å². The molecule has 1 rings (SSSR count). The van der Waals surface area contributed by atoms with Crippen LogP contribution in [0, 0.1) is 0 Å². The van der Waals surface area contributed by atoms with Crippen molar-refractivity contribution in [1.82, 2.24) is 0 Å². The van der Waals surface area contributed by atoms with E-state index in [4.69, 9.17) is 4.74 Å². The summed E-state index contributed by atoms with van der Waals surface area (Å²) in [6.07, 6.45) is 3.64. The predicted octanol–water partition coefficient (Wildman–Crippen LogP) is 1.99. The average molecular weight is 222 g/mol. The number of hydrogen-bond acceptors (Lipinski definition) is 1. The fraction of sp³-hybridized carbons (Fsp3) is 0.571. The van der Waals surface area contributed by atoms with Crippen molar-refractivity contribution in [3.63, 3.8) is 0 Å². The number of nitrogens with two attached hydrogens (primary N) is 1. The quantitative estimate of drug-likeness (QED) is 0.669. The van der Waals surface area contributed by atoms with Gasteiger partial charge in [0.05, 0.1) is 6.54 Å². The van der Waals surface area contributed by atoms with E-state index in [2.05, 4.69) is 37.4 Å². The monoisotopic (exact) mass is 222 g/mol. The Morgan fingerprint density at radius 2 is 2.06 bits per heavy atom. The van der Waals surface area contributed by atoms with Gasteiger partial charge < -0.3 is 10.1 Å². The molecule has 0 heterocycles. The Bertz CT molecular complexity index is 286. The van der Waals surface area contributed by atoms with Gasteiger partial charge in [0, 0.05) is 0 Å². The summed E-state index contributed by atoms with van der Waals surface area (Å²) in [4.78, 5) is 0. The van der Waals surface area contributed by atoms with Crippen molar-refractivity contribution in [3.05, 3.63) is 29.8 Å². The highest BCUT2D eigenvalue weighted by Crippen LogP contribution is 2.13. The molecule has 0 fully saturated rings. The molecular formula is C14H24NO+. The van der Waals surface area contributed by atoms with Crippen LogP contribution in [-0.2, 0) is 6.42 Å². The van der Waals surface area contributed by atoms with E-state index in [9.17, 15) is 0 Å². The summed E-state index contributed by atoms with van der Waals surface area (Å²) in [6.45, 7) is 7.46. The second kappa shape index (κ2) is 8.17. The van der Waals surface area contributed by atoms with Gasteiger partial charge in [-0.1, -0.05) is 32.4 Å². The van der Waals surface area contributed by atoms with E-state index in [-0.39, 0.29) is 0 Å². The molecule has 0 atom stereocenters. The lowest BCUT2D eigenvalue weighted by Crippen LogP contribution is -2.85. The van der Waals surface area contributed by atoms with E-state index >= 15 is 0 Å². The lowest BCUT2D eigenvalue weighted by molar-refractivity contribution is -0.655. The highest BCUT2D eigenvalue weighted by molar-refractivity contribution is 5.28. The number of quaternary nitrogens is 1. The minimum absolute atomic E-state index is 0.802. The van der Waals surface area contributed by atoms with Crippen LogP contribution >= 0.6 is 0 Å². The fourth-order valence-corrected chi connectivity index (χ4v) is 1.61. The first-order valence-corrected chi connectivity index (χ1v) is 6.40. The van der Waals surface area contributed by atoms with Gasteiger partial charge in [0.2, 0.25) is 0 Å². The summed E-state index contributed by atoms with van der Waals surface area (Å²) in [5, 5.41) is 2.33. The van der Waals surface area contributed by atoms with E-state index in [1.54, 1.807) is 0 Å². The Hall–Kier alpha value is -1.02. The van der Waals surface area contributed by atoms with Gasteiger partial charge in [0.25, 0.3) is 0 Å². The third-order valence-electron chi connectivity index (χ3n) is 2.66. The van der Waals surface area contributed by atoms with Gasteiger partial charge in [-0.05, 0) is 30.5 Å². The molecule has 0 radical (unpaired) electrons. The zero-order valence-corrected chi connectivity index (χ0v) is 10.5. The molecule has 0 saturated carbocycles. The van der Waals surface area contributed by atoms with Crippen LogP contribution in [0.3, 0.4) is 0 Å². The highest BCUT2D eigenvalue weighted by atomic mass is 16.5. The largest absolute Gasteiger partial charge is 0.488 e. The Kier molecular flexibility index (Phi) is 6.66. The molecule has 0 aliphatic heterocycles. The molecule has 0 saturated heterocycles. The van der Waals surface area contributed by atoms with Gasteiger partial charge in [0.15, 0.2) is 0 Å². The van der Waals surface area contributed by atoms with E-state index < -0.39 is 0 Å². The molecule has 1 aromatic carbocycles. The smallest absolute Gasteiger partial charge is 0.137 e. The number of rotatable bonds is 8. The first kappa shape index (κ1) is 13.0. The lowest BCUT2D eigenvalue weighted by atomic mass is 10.2. The Morgan fingerprint density at radius 3 is 2.81 bits per heavy atom. The van der Waals surface area contributed by atoms with E-state index in [0.29, 0.717) is 0 Å². The van der Waals surface area contributed by atoms with Crippen molar-refractivity contribution in [3.8, 4) is 5.75 Å². The van der Waals surface area contributed by atoms with Crippen LogP contribution in [0.25, 0.3) is 0 Å². The van der Waals surface area contributed by atoms with Crippen molar-refractivity contribution in [1.29, 1.82) is 0 Å². The third-order valence-corrected chi connectivity index (χ3v) is 2.66. The van der Waals surface area contributed by atoms with Crippen molar-refractivity contribution < 1.29 is 10.1 Å². The normalized spacial score (nSPS) is 10.4. The van der Waals surface area contributed by atoms with Crippen LogP contribution in [0.15, 0.2) is 24.3 Å². The SMILES string of the molecule is CCCC[NH2+]CCOc1cccc(CC)c1. The third kappa shape index (κ3) is 5.17. The molecule has 16 heavy (non-hydrogen) atoms. The van der Waals surface area contributed by atoms with Crippen LogP contribution in [0.5, 0.6) is 5.75 Å². The van der Waals surface area contributed by atoms with Crippen molar-refractivity contribution in [2.45, 2.75) is 33.1 Å². The molecular weight excluding hydrogens is 198 g/mol. The van der Waals surface area contributed by atoms with Gasteiger partial charge in [-0.3, -0.25) is 0 Å². The number of aryl methyl sites for hydroxylation is 1. The number of benzene rings is 1. The highest BCUT2D eigenvalue weighted by Gasteiger charge is 1.96. The van der Waals surface area contributed by atoms with Crippen molar-refractivity contribution >= 4 is 0 Å². The topological polar surface area (TPSA) is 25.8 Å². The van der Waals surface area contributed by atoms with Gasteiger partial charge in [-0.2, -0.15) is 0 Å². The average Bonchev–Trinajstić information content (AvgIpc) is 2.34. The van der Waals surface area contributed by atoms with Crippen LogP contribution in [0.2, 0.25) is 0 Å². The number of unbranched alkanes of at least 4 members (excludes halogenated alkanes) is 1. The number of hydrogen-bond donors (Lipinski definition) is 1. The fourth-order valence-electron chi connectivity index (χ4n) is 1.61. The van der Waals surface area contributed by atoms with Gasteiger partial charge in [-0.15, -0.1) is 0 Å². The van der Waals surface area contributed by atoms with Crippen LogP contribution < -0.4 is 10.1 Å². The molecule has 0 spiro atoms. The van der Waals surface area contributed by atoms with Gasteiger partial charge in [0.1, 0.15) is 18.9 Å². The molecule has 2 N–H and O–H groups in total. The second-order valence-corrected chi connectivity index (χ2v) is 4.07. The van der Waals surface area contributed by atoms with Crippen LogP contribution in [-0.4, -0.2) is 19.7 Å². The maximum Gasteiger partial charge on any atom is 0.137 e. The molecule has 0 bridgehead atoms. The standard InChI is InChI=1S/C14H23NO/c1-3-5-9-15-10-11-16-14-8-6-7-13(4-2)12-14/h6-8,12,15H,3-5,9-11H2,1-2H3/p+1. The Labute approximate surface area is 99.0 Å². The minimum Gasteiger partial charge on any atom is -0.488 e. The van der Waals surface area contributed by atoms with E-state index in [0.717, 1.165) is 25.3 Å². The van der Waals surface area contributed by atoms with E-state index in [1.165, 1.54) is 24.9 Å². The summed E-state index contributed by atoms with van der Waals surface area (Å²) in [6, 6.07) is 8.37. The summed E-state index contributed by atoms with van der Waals surface area (Å²) >= 11 is 0. The lowest BCUT2D eigenvalue weighted by Gasteiger charge is -2.06. The first-order valence-electron chi connectivity index (χ1n) is 6.40. The first-order chi connectivity index (χ1) is 7.86. The molecule has 0 aliphatic carbocycles. The van der Waals surface area contributed by atoms with Crippen molar-refractivity contribution in [2.24, 2.45) is 0 Å². The molecule has 90 valence electrons. The molecule has 0 aromatic heterocycles. The Balaban J connectivity index is 2.16. The second-order valence-electron chi connectivity index (χ2n) is 4.07. The van der Waals surface area contributed by atoms with E-state index in [1.807, 2.05) is 6.07 Å². The maximum absolute atomic E-state index is 5.70. The number of ether oxygens (including phenoxy) is 1. The summed E-state index contributed by atoms with van der Waals surface area (Å²) in [7, 11) is 0. The zero-order chi connectivity index (χ0) is 11.6. The summed E-state index contributed by atoms with van der Waals surface area (Å²) in [5.41, 5.74) is 1.34. The zero-order valence-electron chi connectivity index (χ0n) is 10.5. The molecule has 1 aromatic rings. The summed E-state index contributed by atoms with van der Waals surface area (Å²) in [5.74, 6) is 1.00. The van der Waals surface area contributed by atoms with Crippen molar-refractivity contribution in [2.75, 3.05) is 19.7 Å². The van der Waals surface area contributed by atoms with Gasteiger partial charge in [-0.25, -0.2) is 0 Å². The molecule has 2 heteroatoms. The molecule has 0 unspecified atom stereocenters. The predicted molar refractivity (Wildman–Crippen MR) is 67.9 cm³/mol. The van der Waals surface area contributed by atoms with Crippen LogP contribution in [0.4, 0.5) is 0 Å². The maximum atomic E-state index is 5.70. The Morgan fingerprint density at radius 1 is 1.19 bits per heavy atom.